The molecule has 2 rings (SSSR count). The number of piperazine rings is 1. The maximum atomic E-state index is 12.1. The highest BCUT2D eigenvalue weighted by Gasteiger charge is 2.30. The molecule has 1 saturated heterocycles. The first-order valence-corrected chi connectivity index (χ1v) is 7.63. The molecule has 0 aliphatic carbocycles. The summed E-state index contributed by atoms with van der Waals surface area (Å²) in [6.45, 7) is 6.96. The Bertz CT molecular complexity index is 682. The first-order valence-electron chi connectivity index (χ1n) is 7.63. The number of amides is 1. The van der Waals surface area contributed by atoms with E-state index in [0.717, 1.165) is 0 Å². The van der Waals surface area contributed by atoms with E-state index in [4.69, 9.17) is 4.74 Å². The minimum Gasteiger partial charge on any atom is -0.444 e. The molecule has 8 nitrogen and oxygen atoms in total. The second-order valence-electron chi connectivity index (χ2n) is 6.50. The van der Waals surface area contributed by atoms with Crippen molar-refractivity contribution in [2.24, 2.45) is 0 Å². The van der Waals surface area contributed by atoms with Crippen LogP contribution in [0.1, 0.15) is 26.3 Å². The predicted molar refractivity (Wildman–Crippen MR) is 87.8 cm³/mol. The third kappa shape index (κ3) is 3.93. The lowest BCUT2D eigenvalue weighted by molar-refractivity contribution is -0.384. The number of benzene rings is 1. The summed E-state index contributed by atoms with van der Waals surface area (Å²) in [5, 5.41) is 20.5. The minimum absolute atomic E-state index is 0.0974. The molecule has 1 aliphatic rings. The maximum Gasteiger partial charge on any atom is 0.410 e. The molecule has 1 amide bonds. The van der Waals surface area contributed by atoms with E-state index in [-0.39, 0.29) is 11.3 Å². The zero-order valence-corrected chi connectivity index (χ0v) is 14.0. The van der Waals surface area contributed by atoms with Crippen molar-refractivity contribution < 1.29 is 14.5 Å². The van der Waals surface area contributed by atoms with E-state index in [2.05, 4.69) is 0 Å². The lowest BCUT2D eigenvalue weighted by atomic mass is 10.1. The fourth-order valence-corrected chi connectivity index (χ4v) is 2.54. The SMILES string of the molecule is CC(C)(C)OC(=O)N1CCN(c2c(C#N)cccc2[N+](=O)[O-])CC1. The molecule has 1 aromatic rings. The highest BCUT2D eigenvalue weighted by atomic mass is 16.6. The van der Waals surface area contributed by atoms with Gasteiger partial charge in [-0.3, -0.25) is 10.1 Å². The third-order valence-corrected chi connectivity index (χ3v) is 3.58. The number of nitro groups is 1. The van der Waals surface area contributed by atoms with Crippen molar-refractivity contribution >= 4 is 17.5 Å². The second-order valence-corrected chi connectivity index (χ2v) is 6.50. The van der Waals surface area contributed by atoms with Crippen LogP contribution in [-0.2, 0) is 4.74 Å². The summed E-state index contributed by atoms with van der Waals surface area (Å²) in [6.07, 6.45) is -0.398. The molecule has 0 spiro atoms. The smallest absolute Gasteiger partial charge is 0.410 e. The van der Waals surface area contributed by atoms with Crippen molar-refractivity contribution in [2.75, 3.05) is 31.1 Å². The summed E-state index contributed by atoms with van der Waals surface area (Å²) in [7, 11) is 0. The van der Waals surface area contributed by atoms with Gasteiger partial charge < -0.3 is 14.5 Å². The molecule has 1 aliphatic heterocycles. The number of hydrogen-bond acceptors (Lipinski definition) is 6. The first-order chi connectivity index (χ1) is 11.2. The summed E-state index contributed by atoms with van der Waals surface area (Å²) >= 11 is 0. The topological polar surface area (TPSA) is 99.7 Å². The van der Waals surface area contributed by atoms with Crippen LogP contribution in [0.15, 0.2) is 18.2 Å². The molecule has 0 saturated carbocycles. The largest absolute Gasteiger partial charge is 0.444 e. The fraction of sp³-hybridized carbons (Fsp3) is 0.500. The Hall–Kier alpha value is -2.82. The molecule has 0 atom stereocenters. The van der Waals surface area contributed by atoms with Crippen LogP contribution in [0.25, 0.3) is 0 Å². The van der Waals surface area contributed by atoms with E-state index in [1.165, 1.54) is 12.1 Å². The molecule has 0 bridgehead atoms. The lowest BCUT2D eigenvalue weighted by Crippen LogP contribution is -2.50. The Morgan fingerprint density at radius 2 is 1.92 bits per heavy atom. The van der Waals surface area contributed by atoms with Crippen molar-refractivity contribution in [3.63, 3.8) is 0 Å². The first kappa shape index (κ1) is 17.5. The van der Waals surface area contributed by atoms with Crippen molar-refractivity contribution in [1.29, 1.82) is 5.26 Å². The molecule has 0 aromatic heterocycles. The number of hydrogen-bond donors (Lipinski definition) is 0. The van der Waals surface area contributed by atoms with Gasteiger partial charge >= 0.3 is 6.09 Å². The van der Waals surface area contributed by atoms with Gasteiger partial charge in [-0.25, -0.2) is 4.79 Å². The monoisotopic (exact) mass is 332 g/mol. The zero-order chi connectivity index (χ0) is 17.9. The van der Waals surface area contributed by atoms with Gasteiger partial charge in [0, 0.05) is 32.2 Å². The Kier molecular flexibility index (Phi) is 4.93. The average Bonchev–Trinajstić information content (AvgIpc) is 2.52. The van der Waals surface area contributed by atoms with Gasteiger partial charge in [-0.1, -0.05) is 6.07 Å². The molecule has 0 radical (unpaired) electrons. The van der Waals surface area contributed by atoms with Gasteiger partial charge in [0.2, 0.25) is 0 Å². The zero-order valence-electron chi connectivity index (χ0n) is 14.0. The van der Waals surface area contributed by atoms with Crippen LogP contribution in [0.3, 0.4) is 0 Å². The lowest BCUT2D eigenvalue weighted by Gasteiger charge is -2.36. The number of nitro benzene ring substituents is 1. The summed E-state index contributed by atoms with van der Waals surface area (Å²) in [5.74, 6) is 0. The van der Waals surface area contributed by atoms with Crippen LogP contribution < -0.4 is 4.90 Å². The highest BCUT2D eigenvalue weighted by molar-refractivity contribution is 5.73. The standard InChI is InChI=1S/C16H20N4O4/c1-16(2,3)24-15(21)19-9-7-18(8-10-19)14-12(11-17)5-4-6-13(14)20(22)23/h4-6H,7-10H2,1-3H3. The van der Waals surface area contributed by atoms with Gasteiger partial charge in [-0.15, -0.1) is 0 Å². The van der Waals surface area contributed by atoms with Gasteiger partial charge in [0.15, 0.2) is 0 Å². The molecular weight excluding hydrogens is 312 g/mol. The normalized spacial score (nSPS) is 14.9. The molecule has 0 unspecified atom stereocenters. The molecule has 24 heavy (non-hydrogen) atoms. The fourth-order valence-electron chi connectivity index (χ4n) is 2.54. The van der Waals surface area contributed by atoms with Crippen molar-refractivity contribution in [1.82, 2.24) is 4.90 Å². The minimum atomic E-state index is -0.569. The summed E-state index contributed by atoms with van der Waals surface area (Å²) < 4.78 is 5.33. The number of carbonyl (C=O) groups is 1. The number of carbonyl (C=O) groups excluding carboxylic acids is 1. The summed E-state index contributed by atoms with van der Waals surface area (Å²) in [5.41, 5.74) is -0.0935. The van der Waals surface area contributed by atoms with E-state index in [9.17, 15) is 20.2 Å². The van der Waals surface area contributed by atoms with E-state index in [1.54, 1.807) is 36.6 Å². The Morgan fingerprint density at radius 3 is 2.42 bits per heavy atom. The van der Waals surface area contributed by atoms with Crippen LogP contribution in [-0.4, -0.2) is 47.7 Å². The molecule has 0 N–H and O–H groups in total. The maximum absolute atomic E-state index is 12.1. The van der Waals surface area contributed by atoms with Gasteiger partial charge in [0.25, 0.3) is 5.69 Å². The highest BCUT2D eigenvalue weighted by Crippen LogP contribution is 2.32. The molecule has 128 valence electrons. The third-order valence-electron chi connectivity index (χ3n) is 3.58. The van der Waals surface area contributed by atoms with Crippen LogP contribution >= 0.6 is 0 Å². The quantitative estimate of drug-likeness (QED) is 0.609. The van der Waals surface area contributed by atoms with E-state index >= 15 is 0 Å². The van der Waals surface area contributed by atoms with Crippen molar-refractivity contribution in [2.45, 2.75) is 26.4 Å². The van der Waals surface area contributed by atoms with Gasteiger partial charge in [-0.2, -0.15) is 5.26 Å². The van der Waals surface area contributed by atoms with E-state index < -0.39 is 16.6 Å². The average molecular weight is 332 g/mol. The van der Waals surface area contributed by atoms with Gasteiger partial charge in [-0.05, 0) is 26.8 Å². The molecular formula is C16H20N4O4. The predicted octanol–water partition coefficient (Wildman–Crippen LogP) is 2.52. The van der Waals surface area contributed by atoms with Crippen LogP contribution in [0.5, 0.6) is 0 Å². The number of anilines is 1. The Balaban J connectivity index is 2.15. The molecule has 1 fully saturated rings. The number of para-hydroxylation sites is 1. The van der Waals surface area contributed by atoms with Gasteiger partial charge in [0.05, 0.1) is 10.5 Å². The summed E-state index contributed by atoms with van der Waals surface area (Å²) in [4.78, 5) is 26.2. The van der Waals surface area contributed by atoms with Crippen LogP contribution in [0.2, 0.25) is 0 Å². The Labute approximate surface area is 140 Å². The van der Waals surface area contributed by atoms with Gasteiger partial charge in [0.1, 0.15) is 17.4 Å². The van der Waals surface area contributed by atoms with Crippen LogP contribution in [0, 0.1) is 21.4 Å². The second kappa shape index (κ2) is 6.74. The van der Waals surface area contributed by atoms with Crippen molar-refractivity contribution in [3.05, 3.63) is 33.9 Å². The number of nitriles is 1. The molecule has 1 heterocycles. The summed E-state index contributed by atoms with van der Waals surface area (Å²) in [6, 6.07) is 6.44. The number of rotatable bonds is 2. The van der Waals surface area contributed by atoms with Crippen molar-refractivity contribution in [3.8, 4) is 6.07 Å². The van der Waals surface area contributed by atoms with E-state index in [0.29, 0.717) is 31.9 Å². The Morgan fingerprint density at radius 1 is 1.29 bits per heavy atom. The van der Waals surface area contributed by atoms with Crippen LogP contribution in [0.4, 0.5) is 16.2 Å². The molecule has 1 aromatic carbocycles. The molecule has 8 heteroatoms. The number of nitrogens with zero attached hydrogens (tertiary/aromatic N) is 4. The number of ether oxygens (including phenoxy) is 1. The van der Waals surface area contributed by atoms with E-state index in [1.807, 2.05) is 6.07 Å².